The Bertz CT molecular complexity index is 248. The molecule has 1 radical (unpaired) electrons. The predicted molar refractivity (Wildman–Crippen MR) is 48.2 cm³/mol. The Hall–Kier alpha value is -0.440. The molecule has 0 aliphatic rings. The number of benzene rings is 1. The lowest BCUT2D eigenvalue weighted by molar-refractivity contribution is 0.0525. The van der Waals surface area contributed by atoms with Gasteiger partial charge in [0.05, 0.1) is 0 Å². The molecular formula is C9H8BrF2. The summed E-state index contributed by atoms with van der Waals surface area (Å²) in [5.74, 6) is -2.87. The van der Waals surface area contributed by atoms with Gasteiger partial charge in [0, 0.05) is 17.8 Å². The van der Waals surface area contributed by atoms with Crippen molar-refractivity contribution in [2.45, 2.75) is 12.3 Å². The molecule has 0 atom stereocenters. The first-order valence-electron chi connectivity index (χ1n) is 3.45. The zero-order valence-corrected chi connectivity index (χ0v) is 7.94. The molecule has 1 rings (SSSR count). The first-order valence-corrected chi connectivity index (χ1v) is 4.24. The van der Waals surface area contributed by atoms with Gasteiger partial charge in [-0.3, -0.25) is 0 Å². The summed E-state index contributed by atoms with van der Waals surface area (Å²) in [7, 11) is 0. The molecule has 0 nitrogen and oxygen atoms in total. The van der Waals surface area contributed by atoms with Gasteiger partial charge in [-0.25, -0.2) is 8.78 Å². The van der Waals surface area contributed by atoms with Crippen molar-refractivity contribution in [1.29, 1.82) is 0 Å². The summed E-state index contributed by atoms with van der Waals surface area (Å²) in [5.41, 5.74) is 0.596. The summed E-state index contributed by atoms with van der Waals surface area (Å²) >= 11 is 3.22. The van der Waals surface area contributed by atoms with Crippen molar-refractivity contribution in [3.63, 3.8) is 0 Å². The van der Waals surface area contributed by atoms with E-state index in [1.165, 1.54) is 0 Å². The lowest BCUT2D eigenvalue weighted by atomic mass is 10.1. The van der Waals surface area contributed by atoms with Crippen LogP contribution >= 0.6 is 15.9 Å². The van der Waals surface area contributed by atoms with Crippen LogP contribution in [0.1, 0.15) is 5.56 Å². The quantitative estimate of drug-likeness (QED) is 0.734. The topological polar surface area (TPSA) is 0 Å². The summed E-state index contributed by atoms with van der Waals surface area (Å²) in [5, 5.41) is 0. The van der Waals surface area contributed by atoms with E-state index in [0.29, 0.717) is 5.56 Å². The highest BCUT2D eigenvalue weighted by Crippen LogP contribution is 2.19. The van der Waals surface area contributed by atoms with Crippen LogP contribution < -0.4 is 0 Å². The van der Waals surface area contributed by atoms with E-state index in [2.05, 4.69) is 22.9 Å². The number of halogens is 3. The van der Waals surface area contributed by atoms with Crippen molar-refractivity contribution in [3.8, 4) is 0 Å². The minimum Gasteiger partial charge on any atom is -0.207 e. The molecule has 0 saturated carbocycles. The molecule has 0 N–H and O–H groups in total. The number of hydrogen-bond donors (Lipinski definition) is 0. The second-order valence-corrected chi connectivity index (χ2v) is 3.57. The average Bonchev–Trinajstić information content (AvgIpc) is 1.91. The van der Waals surface area contributed by atoms with Crippen molar-refractivity contribution in [1.82, 2.24) is 0 Å². The third kappa shape index (κ3) is 3.30. The molecule has 0 aliphatic carbocycles. The zero-order chi connectivity index (χ0) is 9.19. The Balaban J connectivity index is 2.71. The Kier molecular flexibility index (Phi) is 2.83. The maximum absolute atomic E-state index is 12.4. The standard InChI is InChI=1S/C9H8BrF2/c1-9(11,12)6-7-2-4-8(10)5-3-7/h2-5H,1,6H2. The first kappa shape index (κ1) is 9.65. The molecule has 65 valence electrons. The van der Waals surface area contributed by atoms with Gasteiger partial charge in [0.1, 0.15) is 0 Å². The minimum atomic E-state index is -2.87. The molecule has 1 aromatic carbocycles. The largest absolute Gasteiger partial charge is 0.252 e. The van der Waals surface area contributed by atoms with Gasteiger partial charge in [-0.15, -0.1) is 0 Å². The van der Waals surface area contributed by atoms with Gasteiger partial charge < -0.3 is 0 Å². The van der Waals surface area contributed by atoms with Crippen LogP contribution in [0.2, 0.25) is 0 Å². The van der Waals surface area contributed by atoms with Gasteiger partial charge in [-0.2, -0.15) is 0 Å². The molecule has 0 aromatic heterocycles. The van der Waals surface area contributed by atoms with E-state index < -0.39 is 5.92 Å². The van der Waals surface area contributed by atoms with E-state index in [4.69, 9.17) is 0 Å². The van der Waals surface area contributed by atoms with Crippen molar-refractivity contribution in [2.75, 3.05) is 0 Å². The van der Waals surface area contributed by atoms with Gasteiger partial charge in [0.25, 0.3) is 5.92 Å². The van der Waals surface area contributed by atoms with Crippen LogP contribution in [0.4, 0.5) is 8.78 Å². The summed E-state index contributed by atoms with van der Waals surface area (Å²) in [6.45, 7) is 2.74. The van der Waals surface area contributed by atoms with Gasteiger partial charge in [0.2, 0.25) is 0 Å². The zero-order valence-electron chi connectivity index (χ0n) is 6.36. The highest BCUT2D eigenvalue weighted by atomic mass is 79.9. The molecular weight excluding hydrogens is 226 g/mol. The van der Waals surface area contributed by atoms with Crippen LogP contribution in [-0.2, 0) is 6.42 Å². The maximum atomic E-state index is 12.4. The molecule has 0 heterocycles. The van der Waals surface area contributed by atoms with Gasteiger partial charge >= 0.3 is 0 Å². The Morgan fingerprint density at radius 3 is 2.17 bits per heavy atom. The van der Waals surface area contributed by atoms with Gasteiger partial charge in [-0.1, -0.05) is 28.1 Å². The molecule has 3 heteroatoms. The predicted octanol–water partition coefficient (Wildman–Crippen LogP) is 3.46. The molecule has 12 heavy (non-hydrogen) atoms. The van der Waals surface area contributed by atoms with E-state index in [9.17, 15) is 8.78 Å². The molecule has 0 fully saturated rings. The van der Waals surface area contributed by atoms with E-state index >= 15 is 0 Å². The van der Waals surface area contributed by atoms with Crippen molar-refractivity contribution in [3.05, 3.63) is 41.2 Å². The second kappa shape index (κ2) is 3.52. The van der Waals surface area contributed by atoms with E-state index in [1.807, 2.05) is 0 Å². The average molecular weight is 234 g/mol. The lowest BCUT2D eigenvalue weighted by Crippen LogP contribution is -2.13. The number of rotatable bonds is 2. The van der Waals surface area contributed by atoms with Crippen LogP contribution in [0, 0.1) is 6.92 Å². The normalized spacial score (nSPS) is 11.7. The van der Waals surface area contributed by atoms with Crippen molar-refractivity contribution < 1.29 is 8.78 Å². The fourth-order valence-corrected chi connectivity index (χ4v) is 1.17. The Morgan fingerprint density at radius 2 is 1.75 bits per heavy atom. The summed E-state index contributed by atoms with van der Waals surface area (Å²) in [4.78, 5) is 0. The van der Waals surface area contributed by atoms with Gasteiger partial charge in [0.15, 0.2) is 0 Å². The molecule has 0 aliphatic heterocycles. The van der Waals surface area contributed by atoms with E-state index in [-0.39, 0.29) is 6.42 Å². The molecule has 0 spiro atoms. The van der Waals surface area contributed by atoms with Crippen LogP contribution in [0.15, 0.2) is 28.7 Å². The smallest absolute Gasteiger partial charge is 0.207 e. The SMILES string of the molecule is [CH2]C(F)(F)Cc1ccc(Br)cc1. The third-order valence-corrected chi connectivity index (χ3v) is 1.90. The van der Waals surface area contributed by atoms with Crippen LogP contribution in [0.25, 0.3) is 0 Å². The van der Waals surface area contributed by atoms with Gasteiger partial charge in [-0.05, 0) is 17.7 Å². The molecule has 0 amide bonds. The number of alkyl halides is 2. The monoisotopic (exact) mass is 233 g/mol. The molecule has 1 aromatic rings. The van der Waals surface area contributed by atoms with E-state index in [0.717, 1.165) is 4.47 Å². The first-order chi connectivity index (χ1) is 5.47. The lowest BCUT2D eigenvalue weighted by Gasteiger charge is -2.09. The fraction of sp³-hybridized carbons (Fsp3) is 0.222. The third-order valence-electron chi connectivity index (χ3n) is 1.38. The van der Waals surface area contributed by atoms with Crippen molar-refractivity contribution >= 4 is 15.9 Å². The number of hydrogen-bond acceptors (Lipinski definition) is 0. The summed E-state index contributed by atoms with van der Waals surface area (Å²) in [6, 6.07) is 6.79. The van der Waals surface area contributed by atoms with Crippen LogP contribution in [0.3, 0.4) is 0 Å². The minimum absolute atomic E-state index is 0.305. The van der Waals surface area contributed by atoms with Crippen LogP contribution in [0.5, 0.6) is 0 Å². The molecule has 0 unspecified atom stereocenters. The fourth-order valence-electron chi connectivity index (χ4n) is 0.901. The summed E-state index contributed by atoms with van der Waals surface area (Å²) in [6.07, 6.45) is -0.305. The Labute approximate surface area is 78.7 Å². The molecule has 0 bridgehead atoms. The second-order valence-electron chi connectivity index (χ2n) is 2.66. The highest BCUT2D eigenvalue weighted by molar-refractivity contribution is 9.10. The van der Waals surface area contributed by atoms with Crippen molar-refractivity contribution in [2.24, 2.45) is 0 Å². The summed E-state index contributed by atoms with van der Waals surface area (Å²) < 4.78 is 25.7. The van der Waals surface area contributed by atoms with Crippen LogP contribution in [-0.4, -0.2) is 5.92 Å². The highest BCUT2D eigenvalue weighted by Gasteiger charge is 2.21. The Morgan fingerprint density at radius 1 is 1.25 bits per heavy atom. The molecule has 0 saturated heterocycles. The maximum Gasteiger partial charge on any atom is 0.252 e. The van der Waals surface area contributed by atoms with E-state index in [1.54, 1.807) is 24.3 Å².